The zero-order valence-corrected chi connectivity index (χ0v) is 16.8. The molecule has 4 saturated heterocycles. The monoisotopic (exact) mass is 421 g/mol. The molecule has 1 N–H and O–H groups in total. The van der Waals surface area contributed by atoms with Gasteiger partial charge < -0.3 is 15.1 Å². The molecule has 0 saturated carbocycles. The van der Waals surface area contributed by atoms with Crippen LogP contribution in [-0.2, 0) is 0 Å². The Morgan fingerprint density at radius 3 is 2.61 bits per heavy atom. The summed E-state index contributed by atoms with van der Waals surface area (Å²) in [5, 5.41) is 17.4. The molecule has 2 unspecified atom stereocenters. The van der Waals surface area contributed by atoms with Crippen LogP contribution in [0.25, 0.3) is 16.6 Å². The third-order valence-corrected chi connectivity index (χ3v) is 6.56. The smallest absolute Gasteiger partial charge is 0.266 e. The van der Waals surface area contributed by atoms with Crippen molar-refractivity contribution in [2.75, 3.05) is 36.0 Å². The van der Waals surface area contributed by atoms with Crippen LogP contribution < -0.4 is 15.1 Å². The number of nitriles is 1. The SMILES string of the molecule is N#Cc1cnn2cc(N3CCC(F)(F)C3)cc(-c3ccc(N4CC5CC(C4)N5)nc3)c12. The van der Waals surface area contributed by atoms with Gasteiger partial charge in [0, 0.05) is 55.5 Å². The third kappa shape index (κ3) is 3.10. The van der Waals surface area contributed by atoms with Gasteiger partial charge in [0.1, 0.15) is 11.9 Å². The van der Waals surface area contributed by atoms with E-state index in [2.05, 4.69) is 26.4 Å². The maximum absolute atomic E-state index is 13.8. The zero-order chi connectivity index (χ0) is 21.2. The lowest BCUT2D eigenvalue weighted by molar-refractivity contribution is 0.0257. The van der Waals surface area contributed by atoms with Crippen molar-refractivity contribution in [2.45, 2.75) is 30.8 Å². The molecule has 3 aromatic heterocycles. The van der Waals surface area contributed by atoms with E-state index in [1.165, 1.54) is 12.6 Å². The Kier molecular flexibility index (Phi) is 3.96. The summed E-state index contributed by atoms with van der Waals surface area (Å²) in [6.07, 6.45) is 6.10. The molecule has 158 valence electrons. The summed E-state index contributed by atoms with van der Waals surface area (Å²) >= 11 is 0. The van der Waals surface area contributed by atoms with E-state index in [0.29, 0.717) is 28.9 Å². The van der Waals surface area contributed by atoms with Crippen LogP contribution in [0, 0.1) is 11.3 Å². The van der Waals surface area contributed by atoms with Gasteiger partial charge >= 0.3 is 0 Å². The first-order valence-electron chi connectivity index (χ1n) is 10.5. The van der Waals surface area contributed by atoms with Crippen LogP contribution >= 0.6 is 0 Å². The molecule has 7 nitrogen and oxygen atoms in total. The van der Waals surface area contributed by atoms with Gasteiger partial charge in [0.15, 0.2) is 0 Å². The number of fused-ring (bicyclic) bond motifs is 3. The number of piperidine rings is 1. The highest BCUT2D eigenvalue weighted by molar-refractivity contribution is 5.86. The van der Waals surface area contributed by atoms with Crippen molar-refractivity contribution in [1.82, 2.24) is 19.9 Å². The van der Waals surface area contributed by atoms with E-state index in [1.807, 2.05) is 18.2 Å². The summed E-state index contributed by atoms with van der Waals surface area (Å²) in [7, 11) is 0. The average Bonchev–Trinajstić information content (AvgIpc) is 3.35. The Morgan fingerprint density at radius 2 is 1.97 bits per heavy atom. The standard InChI is InChI=1S/C22H21F2N7/c23-22(24)3-4-29(13-22)18-6-19(21-15(7-25)9-27-31(21)12-18)14-1-2-20(26-8-14)30-10-16-5-17(11-30)28-16/h1-2,6,8-9,12,16-17,28H,3-5,10-11,13H2. The van der Waals surface area contributed by atoms with E-state index >= 15 is 0 Å². The number of rotatable bonds is 3. The normalized spacial score (nSPS) is 24.3. The fraction of sp³-hybridized carbons (Fsp3) is 0.409. The maximum atomic E-state index is 13.8. The third-order valence-electron chi connectivity index (χ3n) is 6.56. The van der Waals surface area contributed by atoms with Crippen LogP contribution in [0.1, 0.15) is 18.4 Å². The first-order valence-corrected chi connectivity index (χ1v) is 10.5. The summed E-state index contributed by atoms with van der Waals surface area (Å²) in [5.74, 6) is -1.76. The molecule has 3 aromatic rings. The van der Waals surface area contributed by atoms with Crippen LogP contribution in [0.4, 0.5) is 20.3 Å². The van der Waals surface area contributed by atoms with Crippen molar-refractivity contribution in [2.24, 2.45) is 0 Å². The lowest BCUT2D eigenvalue weighted by Gasteiger charge is -2.48. The molecular formula is C22H21F2N7. The van der Waals surface area contributed by atoms with Crippen molar-refractivity contribution in [3.8, 4) is 17.2 Å². The number of pyridine rings is 2. The van der Waals surface area contributed by atoms with Gasteiger partial charge in [0.2, 0.25) is 0 Å². The summed E-state index contributed by atoms with van der Waals surface area (Å²) in [4.78, 5) is 8.64. The number of halogens is 2. The molecule has 4 aliphatic rings. The van der Waals surface area contributed by atoms with Gasteiger partial charge in [-0.05, 0) is 24.6 Å². The van der Waals surface area contributed by atoms with Gasteiger partial charge in [-0.2, -0.15) is 10.4 Å². The van der Waals surface area contributed by atoms with E-state index in [1.54, 1.807) is 21.8 Å². The topological polar surface area (TPSA) is 72.5 Å². The summed E-state index contributed by atoms with van der Waals surface area (Å²) in [6.45, 7) is 1.87. The molecule has 0 aromatic carbocycles. The zero-order valence-electron chi connectivity index (χ0n) is 16.8. The number of hydrogen-bond donors (Lipinski definition) is 1. The average molecular weight is 421 g/mol. The fourth-order valence-electron chi connectivity index (χ4n) is 4.97. The largest absolute Gasteiger partial charge is 0.364 e. The summed E-state index contributed by atoms with van der Waals surface area (Å²) < 4.78 is 29.2. The Labute approximate surface area is 177 Å². The molecule has 0 spiro atoms. The lowest BCUT2D eigenvalue weighted by atomic mass is 9.91. The first-order chi connectivity index (χ1) is 15.0. The van der Waals surface area contributed by atoms with Crippen LogP contribution in [0.15, 0.2) is 36.8 Å². The predicted octanol–water partition coefficient (Wildman–Crippen LogP) is 2.66. The molecule has 0 amide bonds. The second kappa shape index (κ2) is 6.62. The van der Waals surface area contributed by atoms with Crippen LogP contribution in [0.2, 0.25) is 0 Å². The van der Waals surface area contributed by atoms with E-state index in [4.69, 9.17) is 0 Å². The Hall–Kier alpha value is -3.25. The van der Waals surface area contributed by atoms with Crippen LogP contribution in [-0.4, -0.2) is 58.8 Å². The van der Waals surface area contributed by atoms with Crippen molar-refractivity contribution in [1.29, 1.82) is 5.26 Å². The molecule has 7 rings (SSSR count). The van der Waals surface area contributed by atoms with Gasteiger partial charge in [-0.1, -0.05) is 0 Å². The van der Waals surface area contributed by atoms with E-state index < -0.39 is 5.92 Å². The summed E-state index contributed by atoms with van der Waals surface area (Å²) in [5.41, 5.74) is 3.37. The van der Waals surface area contributed by atoms with E-state index in [0.717, 1.165) is 30.0 Å². The van der Waals surface area contributed by atoms with Crippen molar-refractivity contribution >= 4 is 17.0 Å². The Morgan fingerprint density at radius 1 is 1.16 bits per heavy atom. The second-order valence-electron chi connectivity index (χ2n) is 8.71. The van der Waals surface area contributed by atoms with Gasteiger partial charge in [-0.3, -0.25) is 0 Å². The molecule has 7 heterocycles. The number of nitrogens with zero attached hydrogens (tertiary/aromatic N) is 6. The second-order valence-corrected chi connectivity index (χ2v) is 8.71. The molecule has 4 fully saturated rings. The quantitative estimate of drug-likeness (QED) is 0.701. The Balaban J connectivity index is 1.39. The molecule has 31 heavy (non-hydrogen) atoms. The molecule has 4 aliphatic heterocycles. The number of anilines is 2. The Bertz CT molecular complexity index is 1180. The molecular weight excluding hydrogens is 400 g/mol. The minimum Gasteiger partial charge on any atom is -0.364 e. The lowest BCUT2D eigenvalue weighted by Crippen LogP contribution is -2.67. The fourth-order valence-corrected chi connectivity index (χ4v) is 4.97. The van der Waals surface area contributed by atoms with Gasteiger partial charge in [0.25, 0.3) is 5.92 Å². The molecule has 0 radical (unpaired) electrons. The highest BCUT2D eigenvalue weighted by atomic mass is 19.3. The van der Waals surface area contributed by atoms with Gasteiger partial charge in [0.05, 0.1) is 35.7 Å². The molecule has 2 bridgehead atoms. The minimum atomic E-state index is -2.69. The van der Waals surface area contributed by atoms with Crippen LogP contribution in [0.5, 0.6) is 0 Å². The number of alkyl halides is 2. The minimum absolute atomic E-state index is 0.161. The number of nitrogens with one attached hydrogen (secondary N) is 1. The first kappa shape index (κ1) is 18.5. The maximum Gasteiger partial charge on any atom is 0.266 e. The van der Waals surface area contributed by atoms with E-state index in [-0.39, 0.29) is 19.5 Å². The highest BCUT2D eigenvalue weighted by Gasteiger charge is 2.39. The predicted molar refractivity (Wildman–Crippen MR) is 112 cm³/mol. The van der Waals surface area contributed by atoms with E-state index in [9.17, 15) is 14.0 Å². The number of aromatic nitrogens is 3. The van der Waals surface area contributed by atoms with Crippen molar-refractivity contribution < 1.29 is 8.78 Å². The molecule has 0 aliphatic carbocycles. The highest BCUT2D eigenvalue weighted by Crippen LogP contribution is 2.36. The van der Waals surface area contributed by atoms with Crippen LogP contribution in [0.3, 0.4) is 0 Å². The summed E-state index contributed by atoms with van der Waals surface area (Å²) in [6, 6.07) is 9.12. The number of hydrogen-bond acceptors (Lipinski definition) is 6. The van der Waals surface area contributed by atoms with Gasteiger partial charge in [-0.15, -0.1) is 0 Å². The van der Waals surface area contributed by atoms with Crippen molar-refractivity contribution in [3.05, 3.63) is 42.4 Å². The molecule has 2 atom stereocenters. The number of piperazine rings is 1. The van der Waals surface area contributed by atoms with Crippen molar-refractivity contribution in [3.63, 3.8) is 0 Å². The molecule has 9 heteroatoms. The van der Waals surface area contributed by atoms with Gasteiger partial charge in [-0.25, -0.2) is 18.3 Å².